The van der Waals surface area contributed by atoms with Crippen LogP contribution in [-0.2, 0) is 24.4 Å². The van der Waals surface area contributed by atoms with Gasteiger partial charge in [-0.15, -0.1) is 5.10 Å². The van der Waals surface area contributed by atoms with E-state index in [-0.39, 0.29) is 5.91 Å². The minimum Gasteiger partial charge on any atom is -0.341 e. The van der Waals surface area contributed by atoms with Gasteiger partial charge < -0.3 is 15.2 Å². The minimum atomic E-state index is 0.151. The van der Waals surface area contributed by atoms with Gasteiger partial charge in [0.25, 0.3) is 0 Å². The van der Waals surface area contributed by atoms with Crippen molar-refractivity contribution in [3.8, 4) is 0 Å². The molecule has 3 heterocycles. The molecule has 8 heteroatoms. The number of carbonyl (C=O) groups is 1. The second-order valence-electron chi connectivity index (χ2n) is 6.82. The van der Waals surface area contributed by atoms with Crippen molar-refractivity contribution < 1.29 is 4.79 Å². The van der Waals surface area contributed by atoms with Gasteiger partial charge in [-0.3, -0.25) is 9.48 Å². The standard InChI is InChI=1S/C18H23N7O/c19-9-15-11-25(22-21-15)10-14-5-7-23(8-6-14)18(26)12-24-13-20-16-3-1-2-4-17(16)24/h1-4,11,13-14H,5-10,12,19H2. The summed E-state index contributed by atoms with van der Waals surface area (Å²) >= 11 is 0. The Balaban J connectivity index is 1.32. The summed E-state index contributed by atoms with van der Waals surface area (Å²) in [5.41, 5.74) is 8.30. The summed E-state index contributed by atoms with van der Waals surface area (Å²) in [5.74, 6) is 0.665. The average molecular weight is 353 g/mol. The number of fused-ring (bicyclic) bond motifs is 1. The Bertz CT molecular complexity index is 892. The van der Waals surface area contributed by atoms with E-state index in [1.807, 2.05) is 44.6 Å². The fourth-order valence-electron chi connectivity index (χ4n) is 3.53. The fraction of sp³-hybridized carbons (Fsp3) is 0.444. The van der Waals surface area contributed by atoms with Gasteiger partial charge in [0.15, 0.2) is 0 Å². The molecule has 1 aliphatic rings. The molecule has 0 aliphatic carbocycles. The number of benzene rings is 1. The summed E-state index contributed by atoms with van der Waals surface area (Å²) in [4.78, 5) is 19.0. The number of para-hydroxylation sites is 2. The maximum Gasteiger partial charge on any atom is 0.242 e. The highest BCUT2D eigenvalue weighted by molar-refractivity contribution is 5.80. The Labute approximate surface area is 151 Å². The zero-order valence-electron chi connectivity index (χ0n) is 14.7. The van der Waals surface area contributed by atoms with Crippen molar-refractivity contribution in [2.24, 2.45) is 11.7 Å². The van der Waals surface area contributed by atoms with Crippen molar-refractivity contribution in [3.05, 3.63) is 42.5 Å². The van der Waals surface area contributed by atoms with Gasteiger partial charge in [0.1, 0.15) is 6.54 Å². The second kappa shape index (κ2) is 7.25. The van der Waals surface area contributed by atoms with Crippen LogP contribution in [0.2, 0.25) is 0 Å². The van der Waals surface area contributed by atoms with Gasteiger partial charge in [-0.25, -0.2) is 4.98 Å². The van der Waals surface area contributed by atoms with Gasteiger partial charge in [0.05, 0.1) is 23.1 Å². The quantitative estimate of drug-likeness (QED) is 0.739. The molecule has 2 N–H and O–H groups in total. The number of carbonyl (C=O) groups excluding carboxylic acids is 1. The predicted octanol–water partition coefficient (Wildman–Crippen LogP) is 1.03. The highest BCUT2D eigenvalue weighted by Crippen LogP contribution is 2.20. The van der Waals surface area contributed by atoms with Crippen molar-refractivity contribution in [1.82, 2.24) is 29.4 Å². The first-order chi connectivity index (χ1) is 12.7. The topological polar surface area (TPSA) is 94.9 Å². The van der Waals surface area contributed by atoms with Crippen LogP contribution in [-0.4, -0.2) is 48.4 Å². The maximum absolute atomic E-state index is 12.7. The van der Waals surface area contributed by atoms with E-state index in [1.165, 1.54) is 0 Å². The normalized spacial score (nSPS) is 15.7. The number of aromatic nitrogens is 5. The molecule has 1 aromatic carbocycles. The number of nitrogens with zero attached hydrogens (tertiary/aromatic N) is 6. The molecule has 1 amide bonds. The van der Waals surface area contributed by atoms with E-state index < -0.39 is 0 Å². The van der Waals surface area contributed by atoms with Crippen LogP contribution < -0.4 is 5.73 Å². The lowest BCUT2D eigenvalue weighted by Gasteiger charge is -2.32. The molecule has 1 saturated heterocycles. The summed E-state index contributed by atoms with van der Waals surface area (Å²) in [6.45, 7) is 3.16. The SMILES string of the molecule is NCc1cn(CC2CCN(C(=O)Cn3cnc4ccccc43)CC2)nn1. The van der Waals surface area contributed by atoms with Crippen molar-refractivity contribution in [1.29, 1.82) is 0 Å². The molecule has 2 aromatic heterocycles. The molecule has 136 valence electrons. The first-order valence-electron chi connectivity index (χ1n) is 8.99. The number of imidazole rings is 1. The Kier molecular flexibility index (Phi) is 4.66. The van der Waals surface area contributed by atoms with Crippen molar-refractivity contribution >= 4 is 16.9 Å². The smallest absolute Gasteiger partial charge is 0.242 e. The van der Waals surface area contributed by atoms with Crippen LogP contribution in [0.15, 0.2) is 36.8 Å². The summed E-state index contributed by atoms with van der Waals surface area (Å²) < 4.78 is 3.79. The number of hydrogen-bond donors (Lipinski definition) is 1. The highest BCUT2D eigenvalue weighted by atomic mass is 16.2. The van der Waals surface area contributed by atoms with Gasteiger partial charge in [0, 0.05) is 32.4 Å². The van der Waals surface area contributed by atoms with Gasteiger partial charge >= 0.3 is 0 Å². The number of nitrogens with two attached hydrogens (primary N) is 1. The lowest BCUT2D eigenvalue weighted by atomic mass is 9.97. The average Bonchev–Trinajstić information content (AvgIpc) is 3.29. The van der Waals surface area contributed by atoms with Crippen molar-refractivity contribution in [2.45, 2.75) is 32.5 Å². The monoisotopic (exact) mass is 353 g/mol. The molecule has 8 nitrogen and oxygen atoms in total. The van der Waals surface area contributed by atoms with Crippen LogP contribution in [0.3, 0.4) is 0 Å². The van der Waals surface area contributed by atoms with Crippen LogP contribution >= 0.6 is 0 Å². The maximum atomic E-state index is 12.7. The summed E-state index contributed by atoms with van der Waals surface area (Å²) in [6.07, 6.45) is 5.61. The first kappa shape index (κ1) is 16.7. The van der Waals surface area contributed by atoms with E-state index in [0.717, 1.165) is 49.2 Å². The van der Waals surface area contributed by atoms with Crippen LogP contribution in [0.4, 0.5) is 0 Å². The number of rotatable bonds is 5. The highest BCUT2D eigenvalue weighted by Gasteiger charge is 2.23. The van der Waals surface area contributed by atoms with Crippen LogP contribution in [0.1, 0.15) is 18.5 Å². The Morgan fingerprint density at radius 2 is 2.04 bits per heavy atom. The third-order valence-electron chi connectivity index (χ3n) is 5.04. The van der Waals surface area contributed by atoms with Crippen LogP contribution in [0.5, 0.6) is 0 Å². The van der Waals surface area contributed by atoms with E-state index in [2.05, 4.69) is 15.3 Å². The molecule has 1 fully saturated rings. The molecule has 0 spiro atoms. The molecular formula is C18H23N7O. The van der Waals surface area contributed by atoms with Gasteiger partial charge in [-0.2, -0.15) is 0 Å². The Morgan fingerprint density at radius 3 is 2.81 bits per heavy atom. The molecule has 26 heavy (non-hydrogen) atoms. The van der Waals surface area contributed by atoms with E-state index in [4.69, 9.17) is 5.73 Å². The van der Waals surface area contributed by atoms with E-state index in [1.54, 1.807) is 6.33 Å². The third-order valence-corrected chi connectivity index (χ3v) is 5.04. The summed E-state index contributed by atoms with van der Waals surface area (Å²) in [6, 6.07) is 7.88. The summed E-state index contributed by atoms with van der Waals surface area (Å²) in [5, 5.41) is 8.13. The van der Waals surface area contributed by atoms with Crippen molar-refractivity contribution in [3.63, 3.8) is 0 Å². The fourth-order valence-corrected chi connectivity index (χ4v) is 3.53. The molecule has 0 atom stereocenters. The number of likely N-dealkylation sites (tertiary alicyclic amines) is 1. The second-order valence-corrected chi connectivity index (χ2v) is 6.82. The largest absolute Gasteiger partial charge is 0.341 e. The van der Waals surface area contributed by atoms with Gasteiger partial charge in [-0.05, 0) is 30.9 Å². The van der Waals surface area contributed by atoms with Gasteiger partial charge in [0.2, 0.25) is 5.91 Å². The molecule has 0 radical (unpaired) electrons. The van der Waals surface area contributed by atoms with E-state index >= 15 is 0 Å². The lowest BCUT2D eigenvalue weighted by molar-refractivity contribution is -0.133. The van der Waals surface area contributed by atoms with Gasteiger partial charge in [-0.1, -0.05) is 17.3 Å². The summed E-state index contributed by atoms with van der Waals surface area (Å²) in [7, 11) is 0. The molecule has 3 aromatic rings. The number of hydrogen-bond acceptors (Lipinski definition) is 5. The van der Waals surface area contributed by atoms with E-state index in [9.17, 15) is 4.79 Å². The van der Waals surface area contributed by atoms with Crippen LogP contribution in [0, 0.1) is 5.92 Å². The Hall–Kier alpha value is -2.74. The van der Waals surface area contributed by atoms with E-state index in [0.29, 0.717) is 19.0 Å². The van der Waals surface area contributed by atoms with Crippen molar-refractivity contribution in [2.75, 3.05) is 13.1 Å². The number of amides is 1. The van der Waals surface area contributed by atoms with Crippen LogP contribution in [0.25, 0.3) is 11.0 Å². The molecule has 0 bridgehead atoms. The lowest BCUT2D eigenvalue weighted by Crippen LogP contribution is -2.40. The minimum absolute atomic E-state index is 0.151. The predicted molar refractivity (Wildman–Crippen MR) is 97.0 cm³/mol. The third kappa shape index (κ3) is 3.45. The molecular weight excluding hydrogens is 330 g/mol. The Morgan fingerprint density at radius 1 is 1.23 bits per heavy atom. The zero-order chi connectivity index (χ0) is 17.9. The number of piperidine rings is 1. The molecule has 0 unspecified atom stereocenters. The first-order valence-corrected chi connectivity index (χ1v) is 8.99. The molecule has 1 aliphatic heterocycles. The zero-order valence-corrected chi connectivity index (χ0v) is 14.7. The molecule has 4 rings (SSSR count). The molecule has 0 saturated carbocycles.